The molecule has 2 heterocycles. The largest absolute Gasteiger partial charge is 0.378 e. The van der Waals surface area contributed by atoms with E-state index in [4.69, 9.17) is 4.74 Å². The summed E-state index contributed by atoms with van der Waals surface area (Å²) in [7, 11) is 0. The van der Waals surface area contributed by atoms with E-state index in [0.717, 1.165) is 39.0 Å². The molecule has 0 bridgehead atoms. The predicted molar refractivity (Wildman–Crippen MR) is 66.8 cm³/mol. The summed E-state index contributed by atoms with van der Waals surface area (Å²) in [6.07, 6.45) is 4.68. The Morgan fingerprint density at radius 3 is 2.94 bits per heavy atom. The highest BCUT2D eigenvalue weighted by Gasteiger charge is 2.31. The van der Waals surface area contributed by atoms with Gasteiger partial charge in [-0.15, -0.1) is 0 Å². The van der Waals surface area contributed by atoms with Crippen molar-refractivity contribution in [2.24, 2.45) is 0 Å². The molecule has 98 valence electrons. The standard InChI is InChI=1S/C13H24N2O2/c1-10(2)14-12-6-8-15(13(12)16)7-5-11-4-3-9-17-11/h10-12,14H,3-9H2,1-2H3. The van der Waals surface area contributed by atoms with Gasteiger partial charge in [0.2, 0.25) is 5.91 Å². The van der Waals surface area contributed by atoms with Crippen molar-refractivity contribution < 1.29 is 9.53 Å². The summed E-state index contributed by atoms with van der Waals surface area (Å²) in [6.45, 7) is 6.83. The first-order valence-electron chi connectivity index (χ1n) is 6.83. The first kappa shape index (κ1) is 12.8. The second-order valence-electron chi connectivity index (χ2n) is 5.41. The zero-order chi connectivity index (χ0) is 12.3. The normalized spacial score (nSPS) is 29.6. The fraction of sp³-hybridized carbons (Fsp3) is 0.923. The minimum absolute atomic E-state index is 0.0412. The number of hydrogen-bond acceptors (Lipinski definition) is 3. The molecule has 2 aliphatic heterocycles. The minimum atomic E-state index is 0.0412. The molecular weight excluding hydrogens is 216 g/mol. The molecular formula is C13H24N2O2. The van der Waals surface area contributed by atoms with E-state index in [0.29, 0.717) is 12.1 Å². The Morgan fingerprint density at radius 2 is 2.29 bits per heavy atom. The molecule has 4 nitrogen and oxygen atoms in total. The Morgan fingerprint density at radius 1 is 1.47 bits per heavy atom. The van der Waals surface area contributed by atoms with Crippen LogP contribution in [0.1, 0.15) is 39.5 Å². The monoisotopic (exact) mass is 240 g/mol. The van der Waals surface area contributed by atoms with Crippen LogP contribution >= 0.6 is 0 Å². The Hall–Kier alpha value is -0.610. The minimum Gasteiger partial charge on any atom is -0.378 e. The molecule has 2 saturated heterocycles. The van der Waals surface area contributed by atoms with E-state index in [2.05, 4.69) is 19.2 Å². The van der Waals surface area contributed by atoms with Gasteiger partial charge in [-0.05, 0) is 25.7 Å². The maximum absolute atomic E-state index is 12.1. The number of amides is 1. The van der Waals surface area contributed by atoms with Crippen molar-refractivity contribution in [1.82, 2.24) is 10.2 Å². The fourth-order valence-electron chi connectivity index (χ4n) is 2.69. The first-order valence-corrected chi connectivity index (χ1v) is 6.83. The molecule has 2 rings (SSSR count). The van der Waals surface area contributed by atoms with Crippen LogP contribution in [0.2, 0.25) is 0 Å². The number of likely N-dealkylation sites (tertiary alicyclic amines) is 1. The van der Waals surface area contributed by atoms with Crippen LogP contribution in [0.5, 0.6) is 0 Å². The van der Waals surface area contributed by atoms with Crippen LogP contribution in [-0.2, 0) is 9.53 Å². The van der Waals surface area contributed by atoms with Crippen LogP contribution < -0.4 is 5.32 Å². The van der Waals surface area contributed by atoms with Crippen molar-refractivity contribution in [1.29, 1.82) is 0 Å². The van der Waals surface area contributed by atoms with Crippen molar-refractivity contribution in [3.63, 3.8) is 0 Å². The van der Waals surface area contributed by atoms with Crippen LogP contribution in [0.4, 0.5) is 0 Å². The molecule has 17 heavy (non-hydrogen) atoms. The van der Waals surface area contributed by atoms with Gasteiger partial charge in [-0.3, -0.25) is 4.79 Å². The lowest BCUT2D eigenvalue weighted by molar-refractivity contribution is -0.129. The van der Waals surface area contributed by atoms with Crippen molar-refractivity contribution in [2.45, 2.75) is 57.7 Å². The number of nitrogens with one attached hydrogen (secondary N) is 1. The van der Waals surface area contributed by atoms with Crippen LogP contribution in [0, 0.1) is 0 Å². The van der Waals surface area contributed by atoms with E-state index in [1.54, 1.807) is 0 Å². The average molecular weight is 240 g/mol. The van der Waals surface area contributed by atoms with E-state index >= 15 is 0 Å². The lowest BCUT2D eigenvalue weighted by Gasteiger charge is -2.19. The molecule has 2 aliphatic rings. The van der Waals surface area contributed by atoms with Crippen molar-refractivity contribution in [2.75, 3.05) is 19.7 Å². The van der Waals surface area contributed by atoms with Gasteiger partial charge in [0.25, 0.3) is 0 Å². The SMILES string of the molecule is CC(C)NC1CCN(CCC2CCCO2)C1=O. The molecule has 0 saturated carbocycles. The third-order valence-electron chi connectivity index (χ3n) is 3.58. The summed E-state index contributed by atoms with van der Waals surface area (Å²) in [5.74, 6) is 0.275. The fourth-order valence-corrected chi connectivity index (χ4v) is 2.69. The van der Waals surface area contributed by atoms with Crippen LogP contribution in [0.15, 0.2) is 0 Å². The average Bonchev–Trinajstić information content (AvgIpc) is 2.88. The van der Waals surface area contributed by atoms with Crippen molar-refractivity contribution in [3.8, 4) is 0 Å². The van der Waals surface area contributed by atoms with E-state index in [9.17, 15) is 4.79 Å². The highest BCUT2D eigenvalue weighted by atomic mass is 16.5. The molecule has 2 fully saturated rings. The van der Waals surface area contributed by atoms with Gasteiger partial charge in [0.15, 0.2) is 0 Å². The zero-order valence-corrected chi connectivity index (χ0v) is 10.9. The number of carbonyl (C=O) groups excluding carboxylic acids is 1. The van der Waals surface area contributed by atoms with Gasteiger partial charge in [-0.1, -0.05) is 13.8 Å². The van der Waals surface area contributed by atoms with Gasteiger partial charge in [0, 0.05) is 25.7 Å². The van der Waals surface area contributed by atoms with E-state index in [1.807, 2.05) is 4.90 Å². The molecule has 0 radical (unpaired) electrons. The predicted octanol–water partition coefficient (Wildman–Crippen LogP) is 1.15. The second kappa shape index (κ2) is 5.83. The molecule has 2 atom stereocenters. The van der Waals surface area contributed by atoms with Crippen molar-refractivity contribution in [3.05, 3.63) is 0 Å². The third-order valence-corrected chi connectivity index (χ3v) is 3.58. The number of carbonyl (C=O) groups is 1. The van der Waals surface area contributed by atoms with Gasteiger partial charge in [-0.2, -0.15) is 0 Å². The molecule has 0 aromatic heterocycles. The van der Waals surface area contributed by atoms with Gasteiger partial charge in [0.05, 0.1) is 12.1 Å². The zero-order valence-electron chi connectivity index (χ0n) is 10.9. The van der Waals surface area contributed by atoms with E-state index in [-0.39, 0.29) is 11.9 Å². The van der Waals surface area contributed by atoms with E-state index < -0.39 is 0 Å². The molecule has 0 spiro atoms. The first-order chi connectivity index (χ1) is 8.16. The molecule has 0 aromatic carbocycles. The van der Waals surface area contributed by atoms with E-state index in [1.165, 1.54) is 6.42 Å². The third kappa shape index (κ3) is 3.42. The Bertz CT molecular complexity index is 262. The van der Waals surface area contributed by atoms with Crippen LogP contribution in [0.3, 0.4) is 0 Å². The Labute approximate surface area is 104 Å². The molecule has 0 aromatic rings. The molecule has 0 aliphatic carbocycles. The van der Waals surface area contributed by atoms with Gasteiger partial charge in [-0.25, -0.2) is 0 Å². The summed E-state index contributed by atoms with van der Waals surface area (Å²) in [6, 6.07) is 0.418. The second-order valence-corrected chi connectivity index (χ2v) is 5.41. The quantitative estimate of drug-likeness (QED) is 0.784. The number of nitrogens with zero attached hydrogens (tertiary/aromatic N) is 1. The summed E-state index contributed by atoms with van der Waals surface area (Å²) >= 11 is 0. The molecule has 1 amide bonds. The Balaban J connectivity index is 1.73. The van der Waals surface area contributed by atoms with Gasteiger partial charge in [0.1, 0.15) is 0 Å². The van der Waals surface area contributed by atoms with Gasteiger partial charge < -0.3 is 15.0 Å². The van der Waals surface area contributed by atoms with Crippen LogP contribution in [-0.4, -0.2) is 48.7 Å². The smallest absolute Gasteiger partial charge is 0.239 e. The highest BCUT2D eigenvalue weighted by molar-refractivity contribution is 5.83. The van der Waals surface area contributed by atoms with Crippen molar-refractivity contribution >= 4 is 5.91 Å². The van der Waals surface area contributed by atoms with Gasteiger partial charge >= 0.3 is 0 Å². The highest BCUT2D eigenvalue weighted by Crippen LogP contribution is 2.18. The summed E-state index contributed by atoms with van der Waals surface area (Å²) in [5.41, 5.74) is 0. The van der Waals surface area contributed by atoms with Crippen LogP contribution in [0.25, 0.3) is 0 Å². The lowest BCUT2D eigenvalue weighted by atomic mass is 10.2. The maximum Gasteiger partial charge on any atom is 0.239 e. The number of rotatable bonds is 5. The summed E-state index contributed by atoms with van der Waals surface area (Å²) < 4.78 is 5.59. The number of ether oxygens (including phenoxy) is 1. The maximum atomic E-state index is 12.1. The molecule has 4 heteroatoms. The molecule has 2 unspecified atom stereocenters. The lowest BCUT2D eigenvalue weighted by Crippen LogP contribution is -2.42. The Kier molecular flexibility index (Phi) is 4.40. The summed E-state index contributed by atoms with van der Waals surface area (Å²) in [5, 5.41) is 3.33. The number of hydrogen-bond donors (Lipinski definition) is 1. The molecule has 1 N–H and O–H groups in total. The summed E-state index contributed by atoms with van der Waals surface area (Å²) in [4.78, 5) is 14.1. The topological polar surface area (TPSA) is 41.6 Å².